The molecule has 0 saturated heterocycles. The highest BCUT2D eigenvalue weighted by Gasteiger charge is 2.12. The van der Waals surface area contributed by atoms with Crippen molar-refractivity contribution in [3.63, 3.8) is 0 Å². The first-order valence-electron chi connectivity index (χ1n) is 9.54. The molecule has 0 fully saturated rings. The second-order valence-electron chi connectivity index (χ2n) is 6.46. The maximum atomic E-state index is 12.2. The van der Waals surface area contributed by atoms with Gasteiger partial charge in [-0.3, -0.25) is 4.79 Å². The average molecular weight is 465 g/mol. The summed E-state index contributed by atoms with van der Waals surface area (Å²) >= 11 is 13.4. The van der Waals surface area contributed by atoms with Crippen LogP contribution in [0, 0.1) is 6.92 Å². The predicted octanol–water partition coefficient (Wildman–Crippen LogP) is 6.62. The van der Waals surface area contributed by atoms with E-state index < -0.39 is 0 Å². The highest BCUT2D eigenvalue weighted by atomic mass is 35.5. The number of ether oxygens (including phenoxy) is 2. The summed E-state index contributed by atoms with van der Waals surface area (Å²) in [6.07, 6.45) is 0.878. The van der Waals surface area contributed by atoms with Crippen LogP contribution in [0.15, 0.2) is 42.5 Å². The molecule has 158 valence electrons. The predicted molar refractivity (Wildman–Crippen MR) is 123 cm³/mol. The normalized spacial score (nSPS) is 10.7. The Hall–Kier alpha value is -2.28. The first-order chi connectivity index (χ1) is 14.5. The summed E-state index contributed by atoms with van der Waals surface area (Å²) in [6, 6.07) is 12.8. The van der Waals surface area contributed by atoms with Crippen molar-refractivity contribution >= 4 is 45.6 Å². The molecular weight excluding hydrogens is 443 g/mol. The zero-order valence-electron chi connectivity index (χ0n) is 16.7. The summed E-state index contributed by atoms with van der Waals surface area (Å²) in [6.45, 7) is 4.95. The van der Waals surface area contributed by atoms with E-state index in [-0.39, 0.29) is 5.91 Å². The van der Waals surface area contributed by atoms with E-state index in [0.29, 0.717) is 47.0 Å². The highest BCUT2D eigenvalue weighted by molar-refractivity contribution is 7.16. The number of halogens is 2. The van der Waals surface area contributed by atoms with Gasteiger partial charge in [0.15, 0.2) is 5.13 Å². The van der Waals surface area contributed by atoms with Gasteiger partial charge in [-0.1, -0.05) is 23.2 Å². The van der Waals surface area contributed by atoms with Crippen molar-refractivity contribution in [1.82, 2.24) is 4.98 Å². The molecule has 1 heterocycles. The molecule has 5 nitrogen and oxygen atoms in total. The molecule has 0 aliphatic rings. The number of aryl methyl sites for hydroxylation is 1. The van der Waals surface area contributed by atoms with Crippen LogP contribution in [-0.2, 0) is 4.79 Å². The summed E-state index contributed by atoms with van der Waals surface area (Å²) in [5.74, 6) is 1.27. The number of thiazole rings is 1. The number of nitrogens with zero attached hydrogens (tertiary/aromatic N) is 1. The van der Waals surface area contributed by atoms with Gasteiger partial charge in [0.1, 0.15) is 11.5 Å². The molecule has 2 aromatic carbocycles. The van der Waals surface area contributed by atoms with Crippen molar-refractivity contribution in [3.8, 4) is 22.8 Å². The third-order valence-electron chi connectivity index (χ3n) is 4.18. The Morgan fingerprint density at radius 2 is 1.90 bits per heavy atom. The Morgan fingerprint density at radius 1 is 1.13 bits per heavy atom. The smallest absolute Gasteiger partial charge is 0.226 e. The Labute approximate surface area is 190 Å². The standard InChI is InChI=1S/C22H22Cl2N2O3S/c1-3-28-17-9-6-15(7-10-17)21-14(2)30-22(26-21)25-20(27)5-4-12-29-19-11-8-16(23)13-18(19)24/h6-11,13H,3-5,12H2,1-2H3,(H,25,26,27). The molecule has 8 heteroatoms. The van der Waals surface area contributed by atoms with Gasteiger partial charge in [-0.25, -0.2) is 4.98 Å². The summed E-state index contributed by atoms with van der Waals surface area (Å²) in [5, 5.41) is 4.45. The largest absolute Gasteiger partial charge is 0.494 e. The van der Waals surface area contributed by atoms with Crippen LogP contribution in [0.1, 0.15) is 24.6 Å². The number of rotatable bonds is 9. The lowest BCUT2D eigenvalue weighted by Gasteiger charge is -2.08. The second kappa shape index (κ2) is 10.7. The van der Waals surface area contributed by atoms with Gasteiger partial charge in [0, 0.05) is 21.9 Å². The zero-order valence-corrected chi connectivity index (χ0v) is 19.0. The topological polar surface area (TPSA) is 60.5 Å². The van der Waals surface area contributed by atoms with Crippen molar-refractivity contribution in [2.45, 2.75) is 26.7 Å². The molecule has 1 aromatic heterocycles. The van der Waals surface area contributed by atoms with Gasteiger partial charge < -0.3 is 14.8 Å². The fourth-order valence-electron chi connectivity index (χ4n) is 2.78. The molecule has 0 spiro atoms. The van der Waals surface area contributed by atoms with Gasteiger partial charge in [-0.15, -0.1) is 11.3 Å². The number of carbonyl (C=O) groups is 1. The molecule has 0 aliphatic carbocycles. The minimum absolute atomic E-state index is 0.104. The number of anilines is 1. The Balaban J connectivity index is 1.50. The monoisotopic (exact) mass is 464 g/mol. The molecule has 0 aliphatic heterocycles. The van der Waals surface area contributed by atoms with E-state index in [1.807, 2.05) is 38.1 Å². The van der Waals surface area contributed by atoms with E-state index >= 15 is 0 Å². The minimum Gasteiger partial charge on any atom is -0.494 e. The Bertz CT molecular complexity index is 1010. The first kappa shape index (κ1) is 22.4. The summed E-state index contributed by atoms with van der Waals surface area (Å²) in [7, 11) is 0. The maximum Gasteiger partial charge on any atom is 0.226 e. The van der Waals surface area contributed by atoms with Crippen LogP contribution in [0.2, 0.25) is 10.0 Å². The molecule has 30 heavy (non-hydrogen) atoms. The maximum absolute atomic E-state index is 12.2. The van der Waals surface area contributed by atoms with Gasteiger partial charge in [0.2, 0.25) is 5.91 Å². The van der Waals surface area contributed by atoms with E-state index in [9.17, 15) is 4.79 Å². The molecule has 0 radical (unpaired) electrons. The van der Waals surface area contributed by atoms with Crippen molar-refractivity contribution in [2.24, 2.45) is 0 Å². The van der Waals surface area contributed by atoms with Crippen molar-refractivity contribution < 1.29 is 14.3 Å². The first-order valence-corrected chi connectivity index (χ1v) is 11.1. The molecule has 1 N–H and O–H groups in total. The fourth-order valence-corrected chi connectivity index (χ4v) is 4.10. The second-order valence-corrected chi connectivity index (χ2v) is 8.50. The zero-order chi connectivity index (χ0) is 21.5. The minimum atomic E-state index is -0.104. The third kappa shape index (κ3) is 6.11. The van der Waals surface area contributed by atoms with E-state index in [1.54, 1.807) is 18.2 Å². The lowest BCUT2D eigenvalue weighted by Crippen LogP contribution is -2.12. The van der Waals surface area contributed by atoms with Crippen LogP contribution in [0.5, 0.6) is 11.5 Å². The molecule has 0 atom stereocenters. The van der Waals surface area contributed by atoms with E-state index in [0.717, 1.165) is 21.9 Å². The molecule has 0 unspecified atom stereocenters. The van der Waals surface area contributed by atoms with Gasteiger partial charge >= 0.3 is 0 Å². The highest BCUT2D eigenvalue weighted by Crippen LogP contribution is 2.31. The number of amides is 1. The lowest BCUT2D eigenvalue weighted by molar-refractivity contribution is -0.116. The van der Waals surface area contributed by atoms with Crippen LogP contribution < -0.4 is 14.8 Å². The number of carbonyl (C=O) groups excluding carboxylic acids is 1. The SMILES string of the molecule is CCOc1ccc(-c2nc(NC(=O)CCCOc3ccc(Cl)cc3Cl)sc2C)cc1. The molecule has 0 bridgehead atoms. The number of hydrogen-bond donors (Lipinski definition) is 1. The average Bonchev–Trinajstić information content (AvgIpc) is 3.07. The summed E-state index contributed by atoms with van der Waals surface area (Å²) in [4.78, 5) is 17.9. The number of benzene rings is 2. The molecule has 3 aromatic rings. The van der Waals surface area contributed by atoms with Gasteiger partial charge in [-0.2, -0.15) is 0 Å². The van der Waals surface area contributed by atoms with E-state index in [1.165, 1.54) is 11.3 Å². The van der Waals surface area contributed by atoms with Crippen molar-refractivity contribution in [1.29, 1.82) is 0 Å². The van der Waals surface area contributed by atoms with Crippen LogP contribution in [0.25, 0.3) is 11.3 Å². The fraction of sp³-hybridized carbons (Fsp3) is 0.273. The van der Waals surface area contributed by atoms with Crippen LogP contribution in [-0.4, -0.2) is 24.1 Å². The van der Waals surface area contributed by atoms with Crippen molar-refractivity contribution in [2.75, 3.05) is 18.5 Å². The van der Waals surface area contributed by atoms with Gasteiger partial charge in [0.05, 0.1) is 23.9 Å². The Morgan fingerprint density at radius 3 is 2.60 bits per heavy atom. The van der Waals surface area contributed by atoms with Gasteiger partial charge in [0.25, 0.3) is 0 Å². The third-order valence-corrected chi connectivity index (χ3v) is 5.60. The van der Waals surface area contributed by atoms with E-state index in [4.69, 9.17) is 32.7 Å². The van der Waals surface area contributed by atoms with Crippen LogP contribution in [0.3, 0.4) is 0 Å². The summed E-state index contributed by atoms with van der Waals surface area (Å²) < 4.78 is 11.1. The molecule has 3 rings (SSSR count). The molecule has 1 amide bonds. The number of nitrogens with one attached hydrogen (secondary N) is 1. The molecule has 0 saturated carbocycles. The molecular formula is C22H22Cl2N2O3S. The number of hydrogen-bond acceptors (Lipinski definition) is 5. The summed E-state index contributed by atoms with van der Waals surface area (Å²) in [5.41, 5.74) is 1.85. The van der Waals surface area contributed by atoms with Crippen LogP contribution >= 0.6 is 34.5 Å². The van der Waals surface area contributed by atoms with Gasteiger partial charge in [-0.05, 0) is 62.7 Å². The Kier molecular flexibility index (Phi) is 7.96. The van der Waals surface area contributed by atoms with Crippen molar-refractivity contribution in [3.05, 3.63) is 57.4 Å². The lowest BCUT2D eigenvalue weighted by atomic mass is 10.1. The van der Waals surface area contributed by atoms with E-state index in [2.05, 4.69) is 10.3 Å². The van der Waals surface area contributed by atoms with Crippen LogP contribution in [0.4, 0.5) is 5.13 Å². The number of aromatic nitrogens is 1. The quantitative estimate of drug-likeness (QED) is 0.361.